The molecular weight excluding hydrogens is 216 g/mol. The molecule has 4 heteroatoms. The molecule has 0 heterocycles. The molecule has 0 bridgehead atoms. The maximum atomic E-state index is 11.5. The highest BCUT2D eigenvalue weighted by Crippen LogP contribution is 2.34. The summed E-state index contributed by atoms with van der Waals surface area (Å²) in [6, 6.07) is 6.89. The summed E-state index contributed by atoms with van der Waals surface area (Å²) in [7, 11) is 0. The number of carbonyl (C=O) groups is 1. The van der Waals surface area contributed by atoms with Crippen LogP contribution in [0.1, 0.15) is 12.0 Å². The smallest absolute Gasteiger partial charge is 0.318 e. The van der Waals surface area contributed by atoms with E-state index in [9.17, 15) is 9.90 Å². The van der Waals surface area contributed by atoms with E-state index in [0.717, 1.165) is 0 Å². The summed E-state index contributed by atoms with van der Waals surface area (Å²) in [6.45, 7) is 0. The molecule has 1 aliphatic rings. The molecule has 0 spiro atoms. The van der Waals surface area contributed by atoms with Gasteiger partial charge in [-0.05, 0) is 30.2 Å². The molecule has 0 aliphatic heterocycles. The number of aliphatic carboxylic acids is 1. The molecular formula is C13H14N2O2. The van der Waals surface area contributed by atoms with E-state index in [1.165, 1.54) is 0 Å². The average molecular weight is 230 g/mol. The highest BCUT2D eigenvalue weighted by Gasteiger charge is 2.38. The molecule has 0 fully saturated rings. The Balaban J connectivity index is 2.47. The Morgan fingerprint density at radius 1 is 1.24 bits per heavy atom. The van der Waals surface area contributed by atoms with E-state index in [1.54, 1.807) is 42.5 Å². The van der Waals surface area contributed by atoms with Crippen molar-refractivity contribution in [3.05, 3.63) is 53.8 Å². The first-order chi connectivity index (χ1) is 8.04. The number of hydrogen-bond donors (Lipinski definition) is 3. The van der Waals surface area contributed by atoms with Crippen LogP contribution in [0.5, 0.6) is 0 Å². The maximum Gasteiger partial charge on any atom is 0.318 e. The SMILES string of the molecule is NC1=CCC(C(=O)O)(c2ccc(N)cc2)C=C1. The molecule has 1 aromatic carbocycles. The molecule has 4 nitrogen and oxygen atoms in total. The van der Waals surface area contributed by atoms with Crippen LogP contribution in [0.15, 0.2) is 48.2 Å². The summed E-state index contributed by atoms with van der Waals surface area (Å²) in [5.74, 6) is -0.887. The predicted molar refractivity (Wildman–Crippen MR) is 66.2 cm³/mol. The number of anilines is 1. The molecule has 0 saturated heterocycles. The van der Waals surface area contributed by atoms with Crippen molar-refractivity contribution < 1.29 is 9.90 Å². The first-order valence-electron chi connectivity index (χ1n) is 5.29. The van der Waals surface area contributed by atoms with E-state index in [4.69, 9.17) is 11.5 Å². The Hall–Kier alpha value is -2.23. The minimum absolute atomic E-state index is 0.356. The van der Waals surface area contributed by atoms with E-state index in [1.807, 2.05) is 0 Å². The van der Waals surface area contributed by atoms with Gasteiger partial charge in [0.15, 0.2) is 0 Å². The standard InChI is InChI=1S/C13H14N2O2/c14-10-3-1-9(2-4-10)13(12(16)17)7-5-11(15)6-8-13/h1-7H,8,14-15H2,(H,16,17). The van der Waals surface area contributed by atoms with Crippen LogP contribution in [0.3, 0.4) is 0 Å². The Bertz CT molecular complexity index is 503. The summed E-state index contributed by atoms with van der Waals surface area (Å²) in [4.78, 5) is 11.5. The van der Waals surface area contributed by atoms with Gasteiger partial charge < -0.3 is 16.6 Å². The van der Waals surface area contributed by atoms with Crippen LogP contribution >= 0.6 is 0 Å². The van der Waals surface area contributed by atoms with Gasteiger partial charge in [0.25, 0.3) is 0 Å². The normalized spacial score (nSPS) is 23.2. The molecule has 0 saturated carbocycles. The Morgan fingerprint density at radius 2 is 1.88 bits per heavy atom. The summed E-state index contributed by atoms with van der Waals surface area (Å²) in [5, 5.41) is 9.45. The summed E-state index contributed by atoms with van der Waals surface area (Å²) in [6.07, 6.45) is 5.35. The highest BCUT2D eigenvalue weighted by molar-refractivity contribution is 5.85. The van der Waals surface area contributed by atoms with Gasteiger partial charge in [-0.1, -0.05) is 24.3 Å². The van der Waals surface area contributed by atoms with Crippen LogP contribution < -0.4 is 11.5 Å². The van der Waals surface area contributed by atoms with E-state index in [0.29, 0.717) is 23.4 Å². The zero-order valence-corrected chi connectivity index (χ0v) is 9.26. The second-order valence-corrected chi connectivity index (χ2v) is 4.14. The van der Waals surface area contributed by atoms with Gasteiger partial charge in [-0.3, -0.25) is 4.79 Å². The fourth-order valence-electron chi connectivity index (χ4n) is 1.93. The minimum atomic E-state index is -1.03. The highest BCUT2D eigenvalue weighted by atomic mass is 16.4. The van der Waals surface area contributed by atoms with E-state index in [2.05, 4.69) is 0 Å². The van der Waals surface area contributed by atoms with Crippen LogP contribution in [-0.4, -0.2) is 11.1 Å². The molecule has 1 aliphatic carbocycles. The largest absolute Gasteiger partial charge is 0.480 e. The third-order valence-electron chi connectivity index (χ3n) is 3.03. The minimum Gasteiger partial charge on any atom is -0.480 e. The van der Waals surface area contributed by atoms with E-state index in [-0.39, 0.29) is 0 Å². The molecule has 88 valence electrons. The van der Waals surface area contributed by atoms with Gasteiger partial charge >= 0.3 is 5.97 Å². The monoisotopic (exact) mass is 230 g/mol. The van der Waals surface area contributed by atoms with Crippen molar-refractivity contribution in [2.24, 2.45) is 5.73 Å². The first-order valence-corrected chi connectivity index (χ1v) is 5.29. The van der Waals surface area contributed by atoms with Crippen molar-refractivity contribution in [3.8, 4) is 0 Å². The number of carboxylic acids is 1. The molecule has 1 aromatic rings. The zero-order valence-electron chi connectivity index (χ0n) is 9.26. The molecule has 2 rings (SSSR count). The third kappa shape index (κ3) is 1.89. The Kier molecular flexibility index (Phi) is 2.63. The quantitative estimate of drug-likeness (QED) is 0.670. The van der Waals surface area contributed by atoms with E-state index >= 15 is 0 Å². The summed E-state index contributed by atoms with van der Waals surface area (Å²) >= 11 is 0. The maximum absolute atomic E-state index is 11.5. The molecule has 17 heavy (non-hydrogen) atoms. The number of hydrogen-bond acceptors (Lipinski definition) is 3. The molecule has 0 radical (unpaired) electrons. The lowest BCUT2D eigenvalue weighted by molar-refractivity contribution is -0.141. The average Bonchev–Trinajstić information content (AvgIpc) is 2.31. The number of carboxylic acid groups (broad SMARTS) is 1. The number of rotatable bonds is 2. The van der Waals surface area contributed by atoms with Crippen LogP contribution in [-0.2, 0) is 10.2 Å². The van der Waals surface area contributed by atoms with Gasteiger partial charge in [-0.25, -0.2) is 0 Å². The van der Waals surface area contributed by atoms with Gasteiger partial charge in [0.05, 0.1) is 0 Å². The number of nitrogens with two attached hydrogens (primary N) is 2. The second-order valence-electron chi connectivity index (χ2n) is 4.14. The molecule has 5 N–H and O–H groups in total. The van der Waals surface area contributed by atoms with Crippen molar-refractivity contribution in [2.45, 2.75) is 11.8 Å². The van der Waals surface area contributed by atoms with Crippen molar-refractivity contribution in [1.82, 2.24) is 0 Å². The molecule has 0 aromatic heterocycles. The Morgan fingerprint density at radius 3 is 2.35 bits per heavy atom. The molecule has 0 amide bonds. The van der Waals surface area contributed by atoms with Gasteiger partial charge in [-0.2, -0.15) is 0 Å². The first kappa shape index (κ1) is 11.3. The van der Waals surface area contributed by atoms with Crippen molar-refractivity contribution in [3.63, 3.8) is 0 Å². The topological polar surface area (TPSA) is 89.3 Å². The second kappa shape index (κ2) is 3.97. The Labute approximate surface area is 99.2 Å². The molecule has 1 unspecified atom stereocenters. The van der Waals surface area contributed by atoms with Gasteiger partial charge in [-0.15, -0.1) is 0 Å². The molecule has 1 atom stereocenters. The van der Waals surface area contributed by atoms with E-state index < -0.39 is 11.4 Å². The fraction of sp³-hybridized carbons (Fsp3) is 0.154. The number of benzene rings is 1. The fourth-order valence-corrected chi connectivity index (χ4v) is 1.93. The van der Waals surface area contributed by atoms with Gasteiger partial charge in [0, 0.05) is 11.4 Å². The summed E-state index contributed by atoms with van der Waals surface area (Å²) in [5.41, 5.74) is 12.1. The lowest BCUT2D eigenvalue weighted by Crippen LogP contribution is -2.35. The third-order valence-corrected chi connectivity index (χ3v) is 3.03. The lowest BCUT2D eigenvalue weighted by atomic mass is 9.75. The number of nitrogen functional groups attached to an aromatic ring is 1. The predicted octanol–water partition coefficient (Wildman–Crippen LogP) is 1.39. The van der Waals surface area contributed by atoms with Crippen molar-refractivity contribution in [2.75, 3.05) is 5.73 Å². The zero-order chi connectivity index (χ0) is 12.5. The summed E-state index contributed by atoms with van der Waals surface area (Å²) < 4.78 is 0. The van der Waals surface area contributed by atoms with Crippen LogP contribution in [0, 0.1) is 0 Å². The van der Waals surface area contributed by atoms with Crippen LogP contribution in [0.25, 0.3) is 0 Å². The van der Waals surface area contributed by atoms with Crippen LogP contribution in [0.2, 0.25) is 0 Å². The van der Waals surface area contributed by atoms with Crippen molar-refractivity contribution in [1.29, 1.82) is 0 Å². The van der Waals surface area contributed by atoms with Crippen molar-refractivity contribution >= 4 is 11.7 Å². The van der Waals surface area contributed by atoms with Gasteiger partial charge in [0.2, 0.25) is 0 Å². The van der Waals surface area contributed by atoms with Crippen LogP contribution in [0.4, 0.5) is 5.69 Å². The number of allylic oxidation sites excluding steroid dienone is 2. The van der Waals surface area contributed by atoms with Gasteiger partial charge in [0.1, 0.15) is 5.41 Å². The lowest BCUT2D eigenvalue weighted by Gasteiger charge is -2.28.